The van der Waals surface area contributed by atoms with Crippen LogP contribution in [0.4, 0.5) is 0 Å². The molecule has 4 rings (SSSR count). The van der Waals surface area contributed by atoms with Crippen molar-refractivity contribution in [3.8, 4) is 34.2 Å². The summed E-state index contributed by atoms with van der Waals surface area (Å²) in [4.78, 5) is 0.629. The number of aromatic hydroxyl groups is 3. The minimum atomic E-state index is -0.0773. The van der Waals surface area contributed by atoms with Crippen LogP contribution in [0, 0.1) is 0 Å². The molecule has 3 N–H and O–H groups in total. The molecule has 3 aromatic carbocycles. The molecule has 0 aliphatic carbocycles. The Morgan fingerprint density at radius 2 is 1.62 bits per heavy atom. The molecule has 6 nitrogen and oxygen atoms in total. The summed E-state index contributed by atoms with van der Waals surface area (Å²) in [7, 11) is 0. The molecule has 0 atom stereocenters. The predicted molar refractivity (Wildman–Crippen MR) is 114 cm³/mol. The monoisotopic (exact) mass is 403 g/mol. The number of para-hydroxylation sites is 1. The Kier molecular flexibility index (Phi) is 5.13. The van der Waals surface area contributed by atoms with Gasteiger partial charge in [-0.25, -0.2) is 0 Å². The van der Waals surface area contributed by atoms with Crippen molar-refractivity contribution in [3.63, 3.8) is 0 Å². The Balaban J connectivity index is 1.81. The fraction of sp³-hybridized carbons (Fsp3) is 0. The van der Waals surface area contributed by atoms with Crippen LogP contribution in [-0.4, -0.2) is 26.1 Å². The molecule has 0 fully saturated rings. The zero-order valence-electron chi connectivity index (χ0n) is 15.2. The average Bonchev–Trinajstić information content (AvgIpc) is 3.14. The van der Waals surface area contributed by atoms with Crippen LogP contribution in [0.1, 0.15) is 5.56 Å². The summed E-state index contributed by atoms with van der Waals surface area (Å²) in [6.07, 6.45) is 1.43. The van der Waals surface area contributed by atoms with Crippen molar-refractivity contribution in [2.45, 2.75) is 0 Å². The molecule has 0 saturated heterocycles. The molecule has 0 saturated carbocycles. The van der Waals surface area contributed by atoms with E-state index in [1.54, 1.807) is 24.3 Å². The summed E-state index contributed by atoms with van der Waals surface area (Å²) in [5.41, 5.74) is 3.08. The Morgan fingerprint density at radius 3 is 2.38 bits per heavy atom. The van der Waals surface area contributed by atoms with Gasteiger partial charge in [-0.15, -0.1) is 16.4 Å². The molecule has 0 spiro atoms. The maximum atomic E-state index is 9.88. The average molecular weight is 403 g/mol. The summed E-state index contributed by atoms with van der Waals surface area (Å²) in [6.45, 7) is 0. The fourth-order valence-electron chi connectivity index (χ4n) is 2.86. The highest BCUT2D eigenvalue weighted by Crippen LogP contribution is 2.26. The topological polar surface area (TPSA) is 90.3 Å². The van der Waals surface area contributed by atoms with Crippen LogP contribution in [0.15, 0.2) is 88.4 Å². The van der Waals surface area contributed by atoms with Crippen LogP contribution in [-0.2, 0) is 0 Å². The molecule has 0 bridgehead atoms. The third-order valence-corrected chi connectivity index (χ3v) is 5.03. The fourth-order valence-corrected chi connectivity index (χ4v) is 3.72. The van der Waals surface area contributed by atoms with E-state index in [0.29, 0.717) is 10.4 Å². The lowest BCUT2D eigenvalue weighted by molar-refractivity contribution is 0.450. The van der Waals surface area contributed by atoms with Gasteiger partial charge in [0.25, 0.3) is 0 Å². The van der Waals surface area contributed by atoms with E-state index in [9.17, 15) is 15.3 Å². The number of aromatic nitrogens is 1. The van der Waals surface area contributed by atoms with Crippen LogP contribution in [0.5, 0.6) is 17.2 Å². The van der Waals surface area contributed by atoms with E-state index in [2.05, 4.69) is 10.2 Å². The van der Waals surface area contributed by atoms with Crippen molar-refractivity contribution in [2.75, 3.05) is 0 Å². The summed E-state index contributed by atoms with van der Waals surface area (Å²) in [5.74, 6) is 0.0895. The lowest BCUT2D eigenvalue weighted by Gasteiger charge is -2.09. The normalized spacial score (nSPS) is 11.9. The molecule has 0 radical (unpaired) electrons. The lowest BCUT2D eigenvalue weighted by Crippen LogP contribution is -2.13. The van der Waals surface area contributed by atoms with Crippen LogP contribution >= 0.6 is 11.3 Å². The molecule has 7 heteroatoms. The summed E-state index contributed by atoms with van der Waals surface area (Å²) >= 11 is 1.41. The second-order valence-electron chi connectivity index (χ2n) is 6.21. The third-order valence-electron chi connectivity index (χ3n) is 4.22. The molecule has 0 amide bonds. The molecule has 1 aromatic heterocycles. The largest absolute Gasteiger partial charge is 0.508 e. The summed E-state index contributed by atoms with van der Waals surface area (Å²) < 4.78 is 1.95. The second-order valence-corrected chi connectivity index (χ2v) is 7.05. The molecule has 144 valence electrons. The van der Waals surface area contributed by atoms with Gasteiger partial charge < -0.3 is 15.3 Å². The van der Waals surface area contributed by atoms with E-state index >= 15 is 0 Å². The van der Waals surface area contributed by atoms with E-state index < -0.39 is 0 Å². The zero-order chi connectivity index (χ0) is 20.2. The summed E-state index contributed by atoms with van der Waals surface area (Å²) in [6, 6.07) is 21.1. The van der Waals surface area contributed by atoms with E-state index in [1.165, 1.54) is 29.7 Å². The highest BCUT2D eigenvalue weighted by atomic mass is 32.1. The van der Waals surface area contributed by atoms with Gasteiger partial charge in [-0.3, -0.25) is 4.57 Å². The maximum absolute atomic E-state index is 9.88. The first-order chi connectivity index (χ1) is 14.1. The first-order valence-electron chi connectivity index (χ1n) is 8.76. The molecule has 0 aliphatic rings. The van der Waals surface area contributed by atoms with Gasteiger partial charge in [-0.2, -0.15) is 5.10 Å². The summed E-state index contributed by atoms with van der Waals surface area (Å²) in [5, 5.41) is 39.5. The molecular formula is C22H17N3O3S. The highest BCUT2D eigenvalue weighted by Gasteiger charge is 2.10. The van der Waals surface area contributed by atoms with Crippen LogP contribution in [0.2, 0.25) is 0 Å². The SMILES string of the molecule is Oc1cccc(-c2cs/c(=N\N=C/c3ccc(O)cc3O)n2-c2ccccc2)c1. The van der Waals surface area contributed by atoms with E-state index in [0.717, 1.165) is 16.9 Å². The molecule has 29 heavy (non-hydrogen) atoms. The van der Waals surface area contributed by atoms with Crippen molar-refractivity contribution >= 4 is 17.6 Å². The predicted octanol–water partition coefficient (Wildman–Crippen LogP) is 4.26. The minimum absolute atomic E-state index is 0.0208. The van der Waals surface area contributed by atoms with Crippen molar-refractivity contribution in [2.24, 2.45) is 10.2 Å². The van der Waals surface area contributed by atoms with E-state index in [4.69, 9.17) is 0 Å². The Morgan fingerprint density at radius 1 is 0.828 bits per heavy atom. The van der Waals surface area contributed by atoms with Crippen molar-refractivity contribution < 1.29 is 15.3 Å². The second kappa shape index (κ2) is 8.04. The van der Waals surface area contributed by atoms with Crippen molar-refractivity contribution in [1.29, 1.82) is 0 Å². The number of phenolic OH excluding ortho intramolecular Hbond substituents is 3. The van der Waals surface area contributed by atoms with Gasteiger partial charge in [0, 0.05) is 28.3 Å². The number of nitrogens with zero attached hydrogens (tertiary/aromatic N) is 3. The molecule has 4 aromatic rings. The van der Waals surface area contributed by atoms with Gasteiger partial charge >= 0.3 is 0 Å². The van der Waals surface area contributed by atoms with E-state index in [1.807, 2.05) is 46.3 Å². The van der Waals surface area contributed by atoms with Gasteiger partial charge in [0.2, 0.25) is 4.80 Å². The number of hydrogen-bond acceptors (Lipinski definition) is 6. The van der Waals surface area contributed by atoms with Gasteiger partial charge in [-0.1, -0.05) is 30.3 Å². The quantitative estimate of drug-likeness (QED) is 0.351. The number of thiazole rings is 1. The van der Waals surface area contributed by atoms with Gasteiger partial charge in [0.1, 0.15) is 17.2 Å². The first-order valence-corrected chi connectivity index (χ1v) is 9.64. The Labute approximate surface area is 170 Å². The zero-order valence-corrected chi connectivity index (χ0v) is 16.0. The number of hydrogen-bond donors (Lipinski definition) is 3. The third kappa shape index (κ3) is 4.04. The molecule has 0 unspecified atom stereocenters. The number of rotatable bonds is 4. The lowest BCUT2D eigenvalue weighted by atomic mass is 10.1. The molecule has 1 heterocycles. The van der Waals surface area contributed by atoms with Crippen molar-refractivity contribution in [3.05, 3.63) is 88.5 Å². The highest BCUT2D eigenvalue weighted by molar-refractivity contribution is 7.07. The Hall–Kier alpha value is -3.84. The van der Waals surface area contributed by atoms with Crippen LogP contribution in [0.25, 0.3) is 16.9 Å². The van der Waals surface area contributed by atoms with Crippen molar-refractivity contribution in [1.82, 2.24) is 4.57 Å². The number of phenols is 3. The molecule has 0 aliphatic heterocycles. The van der Waals surface area contributed by atoms with Crippen LogP contribution < -0.4 is 4.80 Å². The standard InChI is InChI=1S/C22H17N3O3S/c26-18-8-4-5-15(11-18)20-14-29-22(25(20)17-6-2-1-3-7-17)24-23-13-16-9-10-19(27)12-21(16)28/h1-14,26-28H/b23-13-,24-22-. The van der Waals surface area contributed by atoms with Crippen LogP contribution in [0.3, 0.4) is 0 Å². The molecular weight excluding hydrogens is 386 g/mol. The smallest absolute Gasteiger partial charge is 0.215 e. The minimum Gasteiger partial charge on any atom is -0.508 e. The van der Waals surface area contributed by atoms with Gasteiger partial charge in [0.15, 0.2) is 0 Å². The first kappa shape index (κ1) is 18.5. The van der Waals surface area contributed by atoms with Gasteiger partial charge in [0.05, 0.1) is 11.9 Å². The number of benzene rings is 3. The Bertz CT molecular complexity index is 1240. The van der Waals surface area contributed by atoms with E-state index in [-0.39, 0.29) is 17.2 Å². The van der Waals surface area contributed by atoms with Gasteiger partial charge in [-0.05, 0) is 36.4 Å². The maximum Gasteiger partial charge on any atom is 0.215 e.